The quantitative estimate of drug-likeness (QED) is 0.495. The summed E-state index contributed by atoms with van der Waals surface area (Å²) in [5.74, 6) is 0. The van der Waals surface area contributed by atoms with E-state index < -0.39 is 7.92 Å². The van der Waals surface area contributed by atoms with Gasteiger partial charge in [-0.25, -0.2) is 0 Å². The first-order chi connectivity index (χ1) is 9.45. The molecule has 3 aromatic carbocycles. The minimum atomic E-state index is -0.877. The third-order valence-corrected chi connectivity index (χ3v) is 5.92. The van der Waals surface area contributed by atoms with E-state index in [0.717, 1.165) is 0 Å². The summed E-state index contributed by atoms with van der Waals surface area (Å²) < 4.78 is 0. The molecule has 0 spiro atoms. The third kappa shape index (κ3) is 3.42. The molecule has 0 saturated heterocycles. The van der Waals surface area contributed by atoms with E-state index in [9.17, 15) is 0 Å². The second kappa shape index (κ2) is 7.48. The van der Waals surface area contributed by atoms with Crippen molar-refractivity contribution in [2.75, 3.05) is 0 Å². The first-order valence-electron chi connectivity index (χ1n) is 6.48. The van der Waals surface area contributed by atoms with E-state index in [-0.39, 0.29) is 19.5 Å². The van der Waals surface area contributed by atoms with Crippen molar-refractivity contribution < 1.29 is 19.5 Å². The molecule has 100 valence electrons. The molecule has 0 aliphatic rings. The van der Waals surface area contributed by atoms with Gasteiger partial charge >= 0.3 is 0 Å². The van der Waals surface area contributed by atoms with Crippen molar-refractivity contribution in [3.05, 3.63) is 91.0 Å². The van der Waals surface area contributed by atoms with Crippen LogP contribution in [0.25, 0.3) is 0 Å². The van der Waals surface area contributed by atoms with Crippen LogP contribution in [0.4, 0.5) is 0 Å². The molecule has 0 aliphatic carbocycles. The second-order valence-electron chi connectivity index (χ2n) is 4.47. The maximum atomic E-state index is 2.24. The van der Waals surface area contributed by atoms with E-state index in [1.807, 2.05) is 0 Å². The fraction of sp³-hybridized carbons (Fsp3) is 0. The van der Waals surface area contributed by atoms with E-state index in [1.165, 1.54) is 15.9 Å². The van der Waals surface area contributed by atoms with Crippen LogP contribution in [0.15, 0.2) is 91.0 Å². The Balaban J connectivity index is 0.00000147. The molecule has 0 amide bonds. The molecule has 0 saturated carbocycles. The first-order valence-corrected chi connectivity index (χ1v) is 7.98. The molecule has 0 radical (unpaired) electrons. The molecule has 0 unspecified atom stereocenters. The molecule has 0 N–H and O–H groups in total. The summed E-state index contributed by atoms with van der Waals surface area (Å²) in [6, 6.07) is 32.5. The van der Waals surface area contributed by atoms with Gasteiger partial charge in [-0.2, -0.15) is 0 Å². The SMILES string of the molecule is [Ru].c1ccc([PH+](c2ccccc2)c2ccccc2)cc1. The van der Waals surface area contributed by atoms with Gasteiger partial charge in [-0.15, -0.1) is 0 Å². The van der Waals surface area contributed by atoms with Gasteiger partial charge in [-0.1, -0.05) is 54.6 Å². The Morgan fingerprint density at radius 1 is 0.400 bits per heavy atom. The maximum absolute atomic E-state index is 2.24. The average Bonchev–Trinajstić information content (AvgIpc) is 2.51. The van der Waals surface area contributed by atoms with E-state index in [0.29, 0.717) is 0 Å². The van der Waals surface area contributed by atoms with Gasteiger partial charge < -0.3 is 0 Å². The smallest absolute Gasteiger partial charge is 0.0620 e. The van der Waals surface area contributed by atoms with Crippen molar-refractivity contribution in [3.63, 3.8) is 0 Å². The van der Waals surface area contributed by atoms with Crippen molar-refractivity contribution in [2.24, 2.45) is 0 Å². The zero-order chi connectivity index (χ0) is 12.9. The Morgan fingerprint density at radius 3 is 0.900 bits per heavy atom. The van der Waals surface area contributed by atoms with Crippen LogP contribution in [0.2, 0.25) is 0 Å². The van der Waals surface area contributed by atoms with Gasteiger partial charge in [0, 0.05) is 19.5 Å². The van der Waals surface area contributed by atoms with Crippen LogP contribution in [-0.2, 0) is 19.5 Å². The third-order valence-electron chi connectivity index (χ3n) is 3.19. The summed E-state index contributed by atoms with van der Waals surface area (Å²) in [5.41, 5.74) is 0. The summed E-state index contributed by atoms with van der Waals surface area (Å²) in [5, 5.41) is 4.31. The normalized spacial score (nSPS) is 10.1. The van der Waals surface area contributed by atoms with Crippen LogP contribution in [-0.4, -0.2) is 0 Å². The molecule has 3 rings (SSSR count). The van der Waals surface area contributed by atoms with Crippen molar-refractivity contribution >= 4 is 23.8 Å². The average molecular weight is 364 g/mol. The molecular formula is C18H16PRu+. The number of benzene rings is 3. The maximum Gasteiger partial charge on any atom is 0.102 e. The van der Waals surface area contributed by atoms with Crippen LogP contribution in [0.1, 0.15) is 0 Å². The van der Waals surface area contributed by atoms with Gasteiger partial charge in [0.15, 0.2) is 0 Å². The van der Waals surface area contributed by atoms with Crippen LogP contribution >= 0.6 is 7.92 Å². The van der Waals surface area contributed by atoms with E-state index in [4.69, 9.17) is 0 Å². The van der Waals surface area contributed by atoms with Crippen molar-refractivity contribution in [3.8, 4) is 0 Å². The molecule has 0 heterocycles. The molecule has 0 aromatic heterocycles. The van der Waals surface area contributed by atoms with Gasteiger partial charge in [0.2, 0.25) is 0 Å². The summed E-state index contributed by atoms with van der Waals surface area (Å²) in [6.45, 7) is 0. The predicted octanol–water partition coefficient (Wildman–Crippen LogP) is 3.17. The zero-order valence-electron chi connectivity index (χ0n) is 11.0. The number of hydrogen-bond donors (Lipinski definition) is 0. The molecule has 0 aliphatic heterocycles. The van der Waals surface area contributed by atoms with E-state index in [2.05, 4.69) is 91.0 Å². The molecule has 0 fully saturated rings. The van der Waals surface area contributed by atoms with Gasteiger partial charge in [0.05, 0.1) is 7.92 Å². The summed E-state index contributed by atoms with van der Waals surface area (Å²) in [7, 11) is -0.877. The monoisotopic (exact) mass is 365 g/mol. The molecule has 0 bridgehead atoms. The van der Waals surface area contributed by atoms with E-state index >= 15 is 0 Å². The van der Waals surface area contributed by atoms with Crippen LogP contribution in [0.5, 0.6) is 0 Å². The van der Waals surface area contributed by atoms with E-state index in [1.54, 1.807) is 0 Å². The van der Waals surface area contributed by atoms with Crippen molar-refractivity contribution in [1.29, 1.82) is 0 Å². The molecular weight excluding hydrogens is 348 g/mol. The van der Waals surface area contributed by atoms with Crippen LogP contribution in [0, 0.1) is 0 Å². The fourth-order valence-corrected chi connectivity index (χ4v) is 4.89. The predicted molar refractivity (Wildman–Crippen MR) is 86.5 cm³/mol. The minimum Gasteiger partial charge on any atom is -0.0620 e. The Labute approximate surface area is 134 Å². The Morgan fingerprint density at radius 2 is 0.650 bits per heavy atom. The van der Waals surface area contributed by atoms with Crippen LogP contribution in [0.3, 0.4) is 0 Å². The van der Waals surface area contributed by atoms with Gasteiger partial charge in [0.25, 0.3) is 0 Å². The first kappa shape index (κ1) is 15.1. The largest absolute Gasteiger partial charge is 0.102 e. The summed E-state index contributed by atoms with van der Waals surface area (Å²) in [4.78, 5) is 0. The second-order valence-corrected chi connectivity index (χ2v) is 6.96. The van der Waals surface area contributed by atoms with Gasteiger partial charge in [-0.05, 0) is 36.4 Å². The Kier molecular flexibility index (Phi) is 5.65. The number of rotatable bonds is 3. The molecule has 2 heteroatoms. The summed E-state index contributed by atoms with van der Waals surface area (Å²) >= 11 is 0. The Bertz CT molecular complexity index is 529. The topological polar surface area (TPSA) is 0 Å². The standard InChI is InChI=1S/C18H15P.Ru/c1-4-10-16(11-5-1)19(17-12-6-2-7-13-17)18-14-8-3-9-15-18;/h1-15H;/p+1. The zero-order valence-corrected chi connectivity index (χ0v) is 13.8. The summed E-state index contributed by atoms with van der Waals surface area (Å²) in [6.07, 6.45) is 0. The Hall–Kier alpha value is -1.29. The number of hydrogen-bond acceptors (Lipinski definition) is 0. The molecule has 20 heavy (non-hydrogen) atoms. The molecule has 0 nitrogen and oxygen atoms in total. The van der Waals surface area contributed by atoms with Crippen molar-refractivity contribution in [2.45, 2.75) is 0 Å². The van der Waals surface area contributed by atoms with Crippen molar-refractivity contribution in [1.82, 2.24) is 0 Å². The minimum absolute atomic E-state index is 0. The van der Waals surface area contributed by atoms with Gasteiger partial charge in [-0.3, -0.25) is 0 Å². The molecule has 0 atom stereocenters. The van der Waals surface area contributed by atoms with Gasteiger partial charge in [0.1, 0.15) is 15.9 Å². The molecule has 3 aromatic rings. The fourth-order valence-electron chi connectivity index (χ4n) is 2.31. The van der Waals surface area contributed by atoms with Crippen LogP contribution < -0.4 is 15.9 Å².